The van der Waals surface area contributed by atoms with Crippen molar-refractivity contribution >= 4 is 0 Å². The van der Waals surface area contributed by atoms with Crippen LogP contribution in [0.4, 0.5) is 0 Å². The van der Waals surface area contributed by atoms with Gasteiger partial charge in [-0.25, -0.2) is 0 Å². The van der Waals surface area contributed by atoms with Crippen LogP contribution in [0, 0.1) is 16.7 Å². The van der Waals surface area contributed by atoms with Gasteiger partial charge in [0.25, 0.3) is 0 Å². The van der Waals surface area contributed by atoms with Crippen molar-refractivity contribution in [3.05, 3.63) is 24.3 Å². The fraction of sp³-hybridized carbons (Fsp3) is 0.733. The van der Waals surface area contributed by atoms with Crippen LogP contribution in [0.5, 0.6) is 0 Å². The van der Waals surface area contributed by atoms with Gasteiger partial charge in [-0.2, -0.15) is 0 Å². The highest BCUT2D eigenvalue weighted by atomic mass is 16.3. The lowest BCUT2D eigenvalue weighted by atomic mass is 9.48. The number of fused-ring (bicyclic) bond motifs is 1. The van der Waals surface area contributed by atoms with Crippen molar-refractivity contribution in [3.63, 3.8) is 0 Å². The average molecular weight is 236 g/mol. The second kappa shape index (κ2) is 3.69. The molecule has 1 fully saturated rings. The molecule has 0 radical (unpaired) electrons. The molecular formula is C15H24O2. The zero-order valence-electron chi connectivity index (χ0n) is 11.2. The summed E-state index contributed by atoms with van der Waals surface area (Å²) in [6.07, 6.45) is 7.30. The summed E-state index contributed by atoms with van der Waals surface area (Å²) in [5.41, 5.74) is -0.635. The van der Waals surface area contributed by atoms with Crippen molar-refractivity contribution in [2.45, 2.75) is 45.6 Å². The Bertz CT molecular complexity index is 369. The maximum atomic E-state index is 10.8. The number of aliphatic hydroxyl groups excluding tert-OH is 1. The minimum atomic E-state index is -1.16. The molecule has 0 aromatic heterocycles. The van der Waals surface area contributed by atoms with Crippen molar-refractivity contribution < 1.29 is 10.2 Å². The van der Waals surface area contributed by atoms with Crippen LogP contribution in [-0.2, 0) is 0 Å². The van der Waals surface area contributed by atoms with Gasteiger partial charge in [-0.3, -0.25) is 0 Å². The van der Waals surface area contributed by atoms with Gasteiger partial charge in [0.15, 0.2) is 0 Å². The van der Waals surface area contributed by atoms with E-state index < -0.39 is 5.60 Å². The predicted octanol–water partition coefficient (Wildman–Crippen LogP) is 2.67. The molecule has 2 aliphatic rings. The number of aliphatic hydroxyl groups is 2. The Morgan fingerprint density at radius 3 is 2.59 bits per heavy atom. The van der Waals surface area contributed by atoms with Crippen LogP contribution in [0.1, 0.15) is 40.0 Å². The Kier molecular flexibility index (Phi) is 2.79. The Morgan fingerprint density at radius 2 is 2.00 bits per heavy atom. The third-order valence-corrected chi connectivity index (χ3v) is 5.24. The molecule has 0 heterocycles. The molecule has 0 saturated heterocycles. The lowest BCUT2D eigenvalue weighted by Crippen LogP contribution is -2.60. The number of hydrogen-bond acceptors (Lipinski definition) is 2. The first-order valence-corrected chi connectivity index (χ1v) is 6.49. The van der Waals surface area contributed by atoms with Crippen molar-refractivity contribution in [1.82, 2.24) is 0 Å². The van der Waals surface area contributed by atoms with E-state index in [9.17, 15) is 10.2 Å². The van der Waals surface area contributed by atoms with Gasteiger partial charge in [0.05, 0.1) is 6.61 Å². The first-order chi connectivity index (χ1) is 7.78. The molecule has 0 aromatic rings. The summed E-state index contributed by atoms with van der Waals surface area (Å²) in [4.78, 5) is 0. The Balaban J connectivity index is 2.54. The molecule has 2 aliphatic carbocycles. The zero-order chi connectivity index (χ0) is 12.9. The van der Waals surface area contributed by atoms with Crippen LogP contribution in [0.2, 0.25) is 0 Å². The van der Waals surface area contributed by atoms with Gasteiger partial charge in [-0.1, -0.05) is 45.9 Å². The SMILES string of the molecule is C=C1C=CC2C(C)(C)CCCC2(C)C1(O)CO. The summed E-state index contributed by atoms with van der Waals surface area (Å²) in [5, 5.41) is 20.5. The normalized spacial score (nSPS) is 44.5. The summed E-state index contributed by atoms with van der Waals surface area (Å²) in [7, 11) is 0. The lowest BCUT2D eigenvalue weighted by molar-refractivity contribution is -0.142. The van der Waals surface area contributed by atoms with Crippen LogP contribution in [-0.4, -0.2) is 22.4 Å². The smallest absolute Gasteiger partial charge is 0.118 e. The maximum absolute atomic E-state index is 10.8. The molecule has 0 aromatic carbocycles. The summed E-state index contributed by atoms with van der Waals surface area (Å²) in [6, 6.07) is 0. The van der Waals surface area contributed by atoms with Gasteiger partial charge >= 0.3 is 0 Å². The summed E-state index contributed by atoms with van der Waals surface area (Å²) >= 11 is 0. The highest BCUT2D eigenvalue weighted by Crippen LogP contribution is 2.59. The van der Waals surface area contributed by atoms with E-state index in [4.69, 9.17) is 0 Å². The summed E-state index contributed by atoms with van der Waals surface area (Å²) in [6.45, 7) is 10.3. The molecule has 3 atom stereocenters. The van der Waals surface area contributed by atoms with Crippen molar-refractivity contribution in [3.8, 4) is 0 Å². The van der Waals surface area contributed by atoms with Crippen LogP contribution < -0.4 is 0 Å². The minimum Gasteiger partial charge on any atom is -0.393 e. The van der Waals surface area contributed by atoms with Crippen molar-refractivity contribution in [1.29, 1.82) is 0 Å². The van der Waals surface area contributed by atoms with E-state index in [1.807, 2.05) is 6.08 Å². The molecule has 0 spiro atoms. The monoisotopic (exact) mass is 236 g/mol. The Morgan fingerprint density at radius 1 is 1.35 bits per heavy atom. The third kappa shape index (κ3) is 1.54. The zero-order valence-corrected chi connectivity index (χ0v) is 11.2. The van der Waals surface area contributed by atoms with Gasteiger partial charge in [0, 0.05) is 5.41 Å². The van der Waals surface area contributed by atoms with Crippen LogP contribution in [0.15, 0.2) is 24.3 Å². The lowest BCUT2D eigenvalue weighted by Gasteiger charge is -2.58. The van der Waals surface area contributed by atoms with Gasteiger partial charge in [0.2, 0.25) is 0 Å². The molecule has 96 valence electrons. The summed E-state index contributed by atoms with van der Waals surface area (Å²) < 4.78 is 0. The Labute approximate surface area is 104 Å². The average Bonchev–Trinajstić information content (AvgIpc) is 2.24. The van der Waals surface area contributed by atoms with E-state index in [-0.39, 0.29) is 17.4 Å². The van der Waals surface area contributed by atoms with Crippen LogP contribution in [0.3, 0.4) is 0 Å². The van der Waals surface area contributed by atoms with E-state index in [0.29, 0.717) is 11.5 Å². The van der Waals surface area contributed by atoms with E-state index in [0.717, 1.165) is 12.8 Å². The molecular weight excluding hydrogens is 212 g/mol. The first kappa shape index (κ1) is 12.8. The first-order valence-electron chi connectivity index (χ1n) is 6.49. The van der Waals surface area contributed by atoms with Gasteiger partial charge in [0.1, 0.15) is 5.60 Å². The predicted molar refractivity (Wildman–Crippen MR) is 69.5 cm³/mol. The fourth-order valence-electron chi connectivity index (χ4n) is 4.02. The minimum absolute atomic E-state index is 0.174. The largest absolute Gasteiger partial charge is 0.393 e. The van der Waals surface area contributed by atoms with Crippen LogP contribution >= 0.6 is 0 Å². The molecule has 2 heteroatoms. The second-order valence-electron chi connectivity index (χ2n) is 6.64. The molecule has 17 heavy (non-hydrogen) atoms. The number of rotatable bonds is 1. The van der Waals surface area contributed by atoms with E-state index in [2.05, 4.69) is 33.4 Å². The quantitative estimate of drug-likeness (QED) is 0.735. The molecule has 3 unspecified atom stereocenters. The van der Waals surface area contributed by atoms with Gasteiger partial charge in [-0.05, 0) is 29.7 Å². The maximum Gasteiger partial charge on any atom is 0.118 e. The second-order valence-corrected chi connectivity index (χ2v) is 6.64. The van der Waals surface area contributed by atoms with E-state index >= 15 is 0 Å². The molecule has 2 N–H and O–H groups in total. The molecule has 1 saturated carbocycles. The van der Waals surface area contributed by atoms with Crippen LogP contribution in [0.25, 0.3) is 0 Å². The van der Waals surface area contributed by atoms with Crippen molar-refractivity contribution in [2.75, 3.05) is 6.61 Å². The topological polar surface area (TPSA) is 40.5 Å². The number of allylic oxidation sites excluding steroid dienone is 1. The third-order valence-electron chi connectivity index (χ3n) is 5.24. The highest BCUT2D eigenvalue weighted by molar-refractivity contribution is 5.37. The molecule has 0 amide bonds. The molecule has 0 aliphatic heterocycles. The molecule has 2 nitrogen and oxygen atoms in total. The number of hydrogen-bond donors (Lipinski definition) is 2. The van der Waals surface area contributed by atoms with E-state index in [1.54, 1.807) is 0 Å². The fourth-order valence-corrected chi connectivity index (χ4v) is 4.02. The highest BCUT2D eigenvalue weighted by Gasteiger charge is 2.58. The van der Waals surface area contributed by atoms with E-state index in [1.165, 1.54) is 6.42 Å². The van der Waals surface area contributed by atoms with Gasteiger partial charge in [-0.15, -0.1) is 0 Å². The molecule has 2 rings (SSSR count). The molecule has 0 bridgehead atoms. The Hall–Kier alpha value is -0.600. The van der Waals surface area contributed by atoms with Gasteiger partial charge < -0.3 is 10.2 Å². The standard InChI is InChI=1S/C15H24O2/c1-11-6-7-12-13(2,3)8-5-9-14(12,4)15(11,17)10-16/h6-7,12,16-17H,1,5,8-10H2,2-4H3. The van der Waals surface area contributed by atoms with Crippen molar-refractivity contribution in [2.24, 2.45) is 16.7 Å². The summed E-state index contributed by atoms with van der Waals surface area (Å²) in [5.74, 6) is 0.298.